The van der Waals surface area contributed by atoms with Gasteiger partial charge in [0.15, 0.2) is 0 Å². The third kappa shape index (κ3) is 5.93. The molecule has 0 saturated heterocycles. The summed E-state index contributed by atoms with van der Waals surface area (Å²) in [4.78, 5) is 0. The zero-order chi connectivity index (χ0) is 13.9. The van der Waals surface area contributed by atoms with Gasteiger partial charge in [0.05, 0.1) is 6.61 Å². The van der Waals surface area contributed by atoms with Gasteiger partial charge in [0.1, 0.15) is 5.75 Å². The summed E-state index contributed by atoms with van der Waals surface area (Å²) in [5.41, 5.74) is 1.25. The van der Waals surface area contributed by atoms with Crippen molar-refractivity contribution in [2.24, 2.45) is 0 Å². The molecule has 1 atom stereocenters. The molecule has 1 aromatic carbocycles. The summed E-state index contributed by atoms with van der Waals surface area (Å²) in [5.74, 6) is 1.01. The molecule has 1 rings (SSSR count). The van der Waals surface area contributed by atoms with Crippen LogP contribution in [0.15, 0.2) is 36.9 Å². The van der Waals surface area contributed by atoms with E-state index >= 15 is 0 Å². The molecular formula is C17H27NO. The average molecular weight is 261 g/mol. The minimum absolute atomic E-state index is 0.335. The predicted molar refractivity (Wildman–Crippen MR) is 82.7 cm³/mol. The van der Waals surface area contributed by atoms with E-state index < -0.39 is 0 Å². The number of para-hydroxylation sites is 1. The van der Waals surface area contributed by atoms with Crippen molar-refractivity contribution in [3.8, 4) is 5.75 Å². The van der Waals surface area contributed by atoms with Gasteiger partial charge in [-0.15, -0.1) is 6.58 Å². The average Bonchev–Trinajstić information content (AvgIpc) is 2.43. The molecule has 0 aliphatic rings. The summed E-state index contributed by atoms with van der Waals surface area (Å²) in [6.07, 6.45) is 6.61. The summed E-state index contributed by atoms with van der Waals surface area (Å²) in [7, 11) is 0. The Morgan fingerprint density at radius 2 is 2.05 bits per heavy atom. The summed E-state index contributed by atoms with van der Waals surface area (Å²) >= 11 is 0. The molecule has 0 saturated carbocycles. The fourth-order valence-corrected chi connectivity index (χ4v) is 2.14. The standard InChI is InChI=1S/C17H27NO/c1-4-6-7-8-11-14-19-17-13-10-9-12-16(17)15(3)18-5-2/h4,9-10,12-13,15,18H,1,5-8,11,14H2,2-3H3. The lowest BCUT2D eigenvalue weighted by Crippen LogP contribution is -2.18. The number of hydrogen-bond acceptors (Lipinski definition) is 2. The van der Waals surface area contributed by atoms with Gasteiger partial charge in [-0.3, -0.25) is 0 Å². The maximum absolute atomic E-state index is 5.92. The molecule has 0 radical (unpaired) electrons. The van der Waals surface area contributed by atoms with Crippen molar-refractivity contribution in [3.05, 3.63) is 42.5 Å². The number of benzene rings is 1. The van der Waals surface area contributed by atoms with Crippen LogP contribution in [0.4, 0.5) is 0 Å². The van der Waals surface area contributed by atoms with E-state index in [-0.39, 0.29) is 0 Å². The molecule has 0 fully saturated rings. The van der Waals surface area contributed by atoms with Crippen molar-refractivity contribution >= 4 is 0 Å². The zero-order valence-electron chi connectivity index (χ0n) is 12.3. The number of unbranched alkanes of at least 4 members (excludes halogenated alkanes) is 3. The minimum Gasteiger partial charge on any atom is -0.493 e. The first-order valence-electron chi connectivity index (χ1n) is 7.35. The molecular weight excluding hydrogens is 234 g/mol. The van der Waals surface area contributed by atoms with Crippen LogP contribution >= 0.6 is 0 Å². The smallest absolute Gasteiger partial charge is 0.124 e. The fraction of sp³-hybridized carbons (Fsp3) is 0.529. The fourth-order valence-electron chi connectivity index (χ4n) is 2.14. The van der Waals surface area contributed by atoms with E-state index in [1.165, 1.54) is 18.4 Å². The van der Waals surface area contributed by atoms with E-state index in [4.69, 9.17) is 4.74 Å². The van der Waals surface area contributed by atoms with E-state index in [9.17, 15) is 0 Å². The van der Waals surface area contributed by atoms with Crippen molar-refractivity contribution in [3.63, 3.8) is 0 Å². The maximum atomic E-state index is 5.92. The van der Waals surface area contributed by atoms with Crippen LogP contribution in [-0.4, -0.2) is 13.2 Å². The molecule has 0 amide bonds. The molecule has 0 heterocycles. The molecule has 2 nitrogen and oxygen atoms in total. The molecule has 19 heavy (non-hydrogen) atoms. The Balaban J connectivity index is 2.42. The Hall–Kier alpha value is -1.28. The molecule has 0 aliphatic heterocycles. The van der Waals surface area contributed by atoms with E-state index in [0.717, 1.165) is 31.7 Å². The summed E-state index contributed by atoms with van der Waals surface area (Å²) < 4.78 is 5.92. The SMILES string of the molecule is C=CCCCCCOc1ccccc1C(C)NCC. The van der Waals surface area contributed by atoms with Gasteiger partial charge >= 0.3 is 0 Å². The second-order valence-electron chi connectivity index (χ2n) is 4.80. The highest BCUT2D eigenvalue weighted by Crippen LogP contribution is 2.24. The van der Waals surface area contributed by atoms with E-state index in [2.05, 4.69) is 43.9 Å². The van der Waals surface area contributed by atoms with E-state index in [0.29, 0.717) is 6.04 Å². The minimum atomic E-state index is 0.335. The summed E-state index contributed by atoms with van der Waals surface area (Å²) in [6.45, 7) is 9.81. The summed E-state index contributed by atoms with van der Waals surface area (Å²) in [6, 6.07) is 8.64. The molecule has 106 valence electrons. The van der Waals surface area contributed by atoms with Crippen molar-refractivity contribution in [2.45, 2.75) is 45.6 Å². The lowest BCUT2D eigenvalue weighted by atomic mass is 10.1. The first kappa shape index (κ1) is 15.8. The van der Waals surface area contributed by atoms with Crippen molar-refractivity contribution < 1.29 is 4.74 Å². The van der Waals surface area contributed by atoms with Gasteiger partial charge in [0.2, 0.25) is 0 Å². The van der Waals surface area contributed by atoms with Crippen LogP contribution in [0.5, 0.6) is 5.75 Å². The normalized spacial score (nSPS) is 12.1. The van der Waals surface area contributed by atoms with Crippen LogP contribution < -0.4 is 10.1 Å². The molecule has 0 aliphatic carbocycles. The van der Waals surface area contributed by atoms with Crippen molar-refractivity contribution in [1.29, 1.82) is 0 Å². The highest BCUT2D eigenvalue weighted by atomic mass is 16.5. The van der Waals surface area contributed by atoms with Gasteiger partial charge in [-0.25, -0.2) is 0 Å². The molecule has 1 unspecified atom stereocenters. The van der Waals surface area contributed by atoms with Crippen LogP contribution in [-0.2, 0) is 0 Å². The first-order chi connectivity index (χ1) is 9.29. The van der Waals surface area contributed by atoms with Crippen LogP contribution in [0.25, 0.3) is 0 Å². The number of ether oxygens (including phenoxy) is 1. The molecule has 0 spiro atoms. The van der Waals surface area contributed by atoms with Gasteiger partial charge in [0.25, 0.3) is 0 Å². The quantitative estimate of drug-likeness (QED) is 0.495. The van der Waals surface area contributed by atoms with Gasteiger partial charge in [0, 0.05) is 11.6 Å². The van der Waals surface area contributed by atoms with E-state index in [1.807, 2.05) is 12.1 Å². The van der Waals surface area contributed by atoms with Gasteiger partial charge in [-0.2, -0.15) is 0 Å². The van der Waals surface area contributed by atoms with E-state index in [1.54, 1.807) is 0 Å². The third-order valence-corrected chi connectivity index (χ3v) is 3.21. The number of rotatable bonds is 10. The van der Waals surface area contributed by atoms with Crippen LogP contribution in [0.2, 0.25) is 0 Å². The largest absolute Gasteiger partial charge is 0.493 e. The zero-order valence-corrected chi connectivity index (χ0v) is 12.3. The highest BCUT2D eigenvalue weighted by molar-refractivity contribution is 5.35. The second-order valence-corrected chi connectivity index (χ2v) is 4.80. The Labute approximate surface area is 117 Å². The molecule has 1 N–H and O–H groups in total. The number of nitrogens with one attached hydrogen (secondary N) is 1. The molecule has 0 aromatic heterocycles. The van der Waals surface area contributed by atoms with Crippen molar-refractivity contribution in [1.82, 2.24) is 5.32 Å². The van der Waals surface area contributed by atoms with Crippen LogP contribution in [0, 0.1) is 0 Å². The van der Waals surface area contributed by atoms with Crippen LogP contribution in [0.3, 0.4) is 0 Å². The molecule has 0 bridgehead atoms. The van der Waals surface area contributed by atoms with Gasteiger partial charge in [-0.1, -0.05) is 31.2 Å². The second kappa shape index (κ2) is 9.62. The Morgan fingerprint density at radius 1 is 1.26 bits per heavy atom. The summed E-state index contributed by atoms with van der Waals surface area (Å²) in [5, 5.41) is 3.43. The lowest BCUT2D eigenvalue weighted by Gasteiger charge is -2.17. The topological polar surface area (TPSA) is 21.3 Å². The maximum Gasteiger partial charge on any atom is 0.124 e. The molecule has 2 heteroatoms. The monoisotopic (exact) mass is 261 g/mol. The van der Waals surface area contributed by atoms with Crippen molar-refractivity contribution in [2.75, 3.05) is 13.2 Å². The molecule has 1 aromatic rings. The highest BCUT2D eigenvalue weighted by Gasteiger charge is 2.09. The van der Waals surface area contributed by atoms with Crippen LogP contribution in [0.1, 0.15) is 51.1 Å². The van der Waals surface area contributed by atoms with Gasteiger partial charge < -0.3 is 10.1 Å². The number of allylic oxidation sites excluding steroid dienone is 1. The Bertz CT molecular complexity index is 362. The predicted octanol–water partition coefficient (Wildman–Crippen LogP) is 4.48. The van der Waals surface area contributed by atoms with Gasteiger partial charge in [-0.05, 0) is 45.2 Å². The first-order valence-corrected chi connectivity index (χ1v) is 7.35. The Morgan fingerprint density at radius 3 is 2.79 bits per heavy atom. The third-order valence-electron chi connectivity index (χ3n) is 3.21. The lowest BCUT2D eigenvalue weighted by molar-refractivity contribution is 0.299. The number of hydrogen-bond donors (Lipinski definition) is 1. The Kier molecular flexibility index (Phi) is 7.99.